The minimum absolute atomic E-state index is 0.0367. The fraction of sp³-hybridized carbons (Fsp3) is 0.211. The topological polar surface area (TPSA) is 57.4 Å². The lowest BCUT2D eigenvalue weighted by molar-refractivity contribution is 0.428. The molecule has 0 saturated carbocycles. The van der Waals surface area contributed by atoms with Gasteiger partial charge < -0.3 is 9.13 Å². The normalized spacial score (nSPS) is 19.2. The van der Waals surface area contributed by atoms with Gasteiger partial charge >= 0.3 is 0 Å². The summed E-state index contributed by atoms with van der Waals surface area (Å²) in [4.78, 5) is 0. The molecule has 0 N–H and O–H groups in total. The summed E-state index contributed by atoms with van der Waals surface area (Å²) >= 11 is 0. The van der Waals surface area contributed by atoms with Crippen molar-refractivity contribution in [1.29, 1.82) is 10.5 Å². The van der Waals surface area contributed by atoms with Gasteiger partial charge in [-0.2, -0.15) is 10.5 Å². The van der Waals surface area contributed by atoms with E-state index in [0.29, 0.717) is 5.56 Å². The van der Waals surface area contributed by atoms with Crippen LogP contribution < -0.4 is 0 Å². The Bertz CT molecular complexity index is 2080. The first kappa shape index (κ1) is 24.7. The SMILES string of the molecule is N#CC1=CC(c2cc(C#N)cc(-n3c4c(c5ccccc53)CCC=C4)c2)CC(n2c3c(c4ccccc42)C=CCC3)C1. The average molecular weight is 543 g/mol. The molecule has 0 saturated heterocycles. The maximum atomic E-state index is 10.2. The van der Waals surface area contributed by atoms with Gasteiger partial charge in [-0.15, -0.1) is 0 Å². The van der Waals surface area contributed by atoms with E-state index in [-0.39, 0.29) is 12.0 Å². The van der Waals surface area contributed by atoms with Crippen LogP contribution in [0.3, 0.4) is 0 Å². The smallest absolute Gasteiger partial charge is 0.0992 e. The Morgan fingerprint density at radius 3 is 2.43 bits per heavy atom. The largest absolute Gasteiger partial charge is 0.341 e. The molecule has 0 spiro atoms. The highest BCUT2D eigenvalue weighted by Crippen LogP contribution is 2.43. The van der Waals surface area contributed by atoms with E-state index < -0.39 is 0 Å². The Balaban J connectivity index is 1.27. The summed E-state index contributed by atoms with van der Waals surface area (Å²) in [6, 6.07) is 28.7. The van der Waals surface area contributed by atoms with Crippen molar-refractivity contribution < 1.29 is 0 Å². The van der Waals surface area contributed by atoms with E-state index in [1.807, 2.05) is 12.1 Å². The molecule has 2 aromatic heterocycles. The summed E-state index contributed by atoms with van der Waals surface area (Å²) < 4.78 is 4.85. The molecule has 2 unspecified atom stereocenters. The molecule has 0 aliphatic heterocycles. The van der Waals surface area contributed by atoms with Crippen LogP contribution in [0.25, 0.3) is 39.6 Å². The minimum Gasteiger partial charge on any atom is -0.341 e. The van der Waals surface area contributed by atoms with Crippen molar-refractivity contribution in [3.63, 3.8) is 0 Å². The number of hydrogen-bond donors (Lipinski definition) is 0. The average Bonchev–Trinajstić information content (AvgIpc) is 3.57. The first-order valence-corrected chi connectivity index (χ1v) is 15.0. The van der Waals surface area contributed by atoms with Crippen LogP contribution in [0.2, 0.25) is 0 Å². The van der Waals surface area contributed by atoms with Crippen molar-refractivity contribution in [3.8, 4) is 17.8 Å². The van der Waals surface area contributed by atoms with Crippen molar-refractivity contribution >= 4 is 34.0 Å². The fourth-order valence-electron chi connectivity index (χ4n) is 7.65. The third-order valence-corrected chi connectivity index (χ3v) is 9.39. The lowest BCUT2D eigenvalue weighted by Gasteiger charge is -2.31. The zero-order chi connectivity index (χ0) is 28.2. The van der Waals surface area contributed by atoms with Gasteiger partial charge in [0.2, 0.25) is 0 Å². The zero-order valence-electron chi connectivity index (χ0n) is 23.4. The summed E-state index contributed by atoms with van der Waals surface area (Å²) in [5.41, 5.74) is 11.3. The van der Waals surface area contributed by atoms with Gasteiger partial charge in [0, 0.05) is 62.9 Å². The van der Waals surface area contributed by atoms with E-state index in [2.05, 4.69) is 106 Å². The summed E-state index contributed by atoms with van der Waals surface area (Å²) in [7, 11) is 0. The Kier molecular flexibility index (Phi) is 5.76. The minimum atomic E-state index is 0.0367. The molecule has 4 heteroatoms. The molecule has 42 heavy (non-hydrogen) atoms. The highest BCUT2D eigenvalue weighted by atomic mass is 15.0. The molecule has 0 fully saturated rings. The Morgan fingerprint density at radius 1 is 0.786 bits per heavy atom. The Labute approximate surface area is 245 Å². The molecule has 2 heterocycles. The number of nitriles is 2. The van der Waals surface area contributed by atoms with E-state index in [0.717, 1.165) is 55.3 Å². The van der Waals surface area contributed by atoms with Crippen LogP contribution in [-0.4, -0.2) is 9.13 Å². The van der Waals surface area contributed by atoms with Gasteiger partial charge in [-0.25, -0.2) is 0 Å². The molecular weight excluding hydrogens is 512 g/mol. The number of para-hydroxylation sites is 2. The molecule has 3 aliphatic rings. The van der Waals surface area contributed by atoms with Crippen LogP contribution in [0.4, 0.5) is 0 Å². The first-order valence-electron chi connectivity index (χ1n) is 15.0. The second-order valence-corrected chi connectivity index (χ2v) is 11.8. The second kappa shape index (κ2) is 9.79. The summed E-state index contributed by atoms with van der Waals surface area (Å²) in [5, 5.41) is 22.9. The highest BCUT2D eigenvalue weighted by Gasteiger charge is 2.30. The number of nitrogens with zero attached hydrogens (tertiary/aromatic N) is 4. The van der Waals surface area contributed by atoms with Crippen molar-refractivity contribution in [2.45, 2.75) is 50.5 Å². The summed E-state index contributed by atoms with van der Waals surface area (Å²) in [6.45, 7) is 0. The molecule has 0 amide bonds. The molecule has 2 atom stereocenters. The molecular formula is C38H30N4. The van der Waals surface area contributed by atoms with Gasteiger partial charge in [0.25, 0.3) is 0 Å². The number of aryl methyl sites for hydroxylation is 1. The van der Waals surface area contributed by atoms with Gasteiger partial charge in [0.1, 0.15) is 0 Å². The van der Waals surface area contributed by atoms with Gasteiger partial charge in [-0.1, -0.05) is 60.7 Å². The van der Waals surface area contributed by atoms with Crippen molar-refractivity contribution in [2.24, 2.45) is 0 Å². The lowest BCUT2D eigenvalue weighted by Crippen LogP contribution is -2.20. The molecule has 0 bridgehead atoms. The Hall–Kier alpha value is -5.06. The number of benzene rings is 3. The van der Waals surface area contributed by atoms with E-state index in [4.69, 9.17) is 0 Å². The highest BCUT2D eigenvalue weighted by molar-refractivity contribution is 5.92. The summed E-state index contributed by atoms with van der Waals surface area (Å²) in [6.07, 6.45) is 16.9. The number of allylic oxidation sites excluding steroid dienone is 4. The quantitative estimate of drug-likeness (QED) is 0.228. The molecule has 0 radical (unpaired) electrons. The van der Waals surface area contributed by atoms with Crippen LogP contribution in [0.15, 0.2) is 90.5 Å². The van der Waals surface area contributed by atoms with E-state index >= 15 is 0 Å². The van der Waals surface area contributed by atoms with E-state index in [1.54, 1.807) is 0 Å². The van der Waals surface area contributed by atoms with Gasteiger partial charge in [-0.05, 0) is 79.6 Å². The van der Waals surface area contributed by atoms with Crippen molar-refractivity contribution in [3.05, 3.63) is 124 Å². The van der Waals surface area contributed by atoms with Crippen LogP contribution in [0.5, 0.6) is 0 Å². The second-order valence-electron chi connectivity index (χ2n) is 11.8. The maximum absolute atomic E-state index is 10.2. The fourth-order valence-corrected chi connectivity index (χ4v) is 7.65. The lowest BCUT2D eigenvalue weighted by atomic mass is 9.82. The predicted octanol–water partition coefficient (Wildman–Crippen LogP) is 8.94. The zero-order valence-corrected chi connectivity index (χ0v) is 23.4. The molecule has 5 aromatic rings. The molecule has 8 rings (SSSR count). The predicted molar refractivity (Wildman–Crippen MR) is 169 cm³/mol. The van der Waals surface area contributed by atoms with Crippen LogP contribution in [-0.2, 0) is 12.8 Å². The van der Waals surface area contributed by atoms with E-state index in [1.165, 1.54) is 44.3 Å². The Morgan fingerprint density at radius 2 is 1.57 bits per heavy atom. The van der Waals surface area contributed by atoms with Crippen LogP contribution in [0.1, 0.15) is 71.3 Å². The van der Waals surface area contributed by atoms with Crippen molar-refractivity contribution in [1.82, 2.24) is 9.13 Å². The van der Waals surface area contributed by atoms with Crippen LogP contribution in [0, 0.1) is 22.7 Å². The number of fused-ring (bicyclic) bond motifs is 6. The molecule has 4 nitrogen and oxygen atoms in total. The van der Waals surface area contributed by atoms with Crippen molar-refractivity contribution in [2.75, 3.05) is 0 Å². The first-order chi connectivity index (χ1) is 20.7. The van der Waals surface area contributed by atoms with Gasteiger partial charge in [0.05, 0.1) is 23.2 Å². The van der Waals surface area contributed by atoms with Gasteiger partial charge in [-0.3, -0.25) is 0 Å². The van der Waals surface area contributed by atoms with E-state index in [9.17, 15) is 10.5 Å². The monoisotopic (exact) mass is 542 g/mol. The third-order valence-electron chi connectivity index (χ3n) is 9.39. The maximum Gasteiger partial charge on any atom is 0.0992 e. The number of rotatable bonds is 3. The summed E-state index contributed by atoms with van der Waals surface area (Å²) in [5.74, 6) is 0.0367. The standard InChI is InChI=1S/C38H30N4/c39-23-25-17-27(21-29(19-25)41-35-13-5-1-9-31(35)32-10-2-6-14-36(32)41)28-18-26(24-40)20-30(22-28)42-37-15-7-3-11-33(37)34-12-4-8-16-38(34)42/h1-3,5,7-11,13,15-18,20,22,27,29H,4,6,12,14,19,21H2. The molecule has 3 aliphatic carbocycles. The third kappa shape index (κ3) is 3.80. The molecule has 3 aromatic carbocycles. The number of hydrogen-bond acceptors (Lipinski definition) is 2. The number of aromatic nitrogens is 2. The van der Waals surface area contributed by atoms with Crippen LogP contribution >= 0.6 is 0 Å². The van der Waals surface area contributed by atoms with Gasteiger partial charge in [0.15, 0.2) is 0 Å². The molecule has 202 valence electrons.